The molecule has 0 heterocycles. The summed E-state index contributed by atoms with van der Waals surface area (Å²) in [6, 6.07) is 4.46. The summed E-state index contributed by atoms with van der Waals surface area (Å²) in [5.74, 6) is -0.678. The predicted octanol–water partition coefficient (Wildman–Crippen LogP) is 2.36. The number of benzene rings is 1. The van der Waals surface area contributed by atoms with Gasteiger partial charge in [0.2, 0.25) is 0 Å². The van der Waals surface area contributed by atoms with Gasteiger partial charge in [-0.15, -0.1) is 13.2 Å². The normalized spacial score (nSPS) is 11.2. The van der Waals surface area contributed by atoms with Crippen molar-refractivity contribution < 1.29 is 32.2 Å². The fraction of sp³-hybridized carbons (Fsp3) is 0.417. The van der Waals surface area contributed by atoms with Crippen LogP contribution in [0.2, 0.25) is 0 Å². The van der Waals surface area contributed by atoms with Crippen LogP contribution in [0.15, 0.2) is 18.2 Å². The molecule has 0 atom stereocenters. The minimum atomic E-state index is -4.75. The molecule has 0 amide bonds. The van der Waals surface area contributed by atoms with Crippen LogP contribution in [0, 0.1) is 0 Å². The average Bonchev–Trinajstić information content (AvgIpc) is 2.36. The lowest BCUT2D eigenvalue weighted by Gasteiger charge is -2.12. The first-order valence-corrected chi connectivity index (χ1v) is 5.74. The smallest absolute Gasteiger partial charge is 0.491 e. The predicted molar refractivity (Wildman–Crippen MR) is 64.3 cm³/mol. The Kier molecular flexibility index (Phi) is 5.63. The van der Waals surface area contributed by atoms with E-state index in [9.17, 15) is 18.0 Å². The van der Waals surface area contributed by atoms with E-state index in [-0.39, 0.29) is 23.6 Å². The number of carbonyl (C=O) groups excluding carboxylic acids is 1. The maximum Gasteiger partial charge on any atom is 0.522 e. The third-order valence-electron chi connectivity index (χ3n) is 2.14. The maximum absolute atomic E-state index is 11.7. The second-order valence-corrected chi connectivity index (χ2v) is 3.59. The van der Waals surface area contributed by atoms with E-state index in [2.05, 4.69) is 9.47 Å². The molecular weight excluding hydrogens is 279 g/mol. The molecule has 20 heavy (non-hydrogen) atoms. The number of anilines is 1. The summed E-state index contributed by atoms with van der Waals surface area (Å²) in [5.41, 5.74) is 5.95. The van der Waals surface area contributed by atoms with Gasteiger partial charge >= 0.3 is 12.3 Å². The van der Waals surface area contributed by atoms with E-state index >= 15 is 0 Å². The molecule has 8 heteroatoms. The lowest BCUT2D eigenvalue weighted by atomic mass is 10.2. The van der Waals surface area contributed by atoms with Crippen LogP contribution in [0.25, 0.3) is 0 Å². The molecule has 0 bridgehead atoms. The molecule has 0 spiro atoms. The fourth-order valence-electron chi connectivity index (χ4n) is 1.39. The van der Waals surface area contributed by atoms with Crippen molar-refractivity contribution in [2.24, 2.45) is 0 Å². The van der Waals surface area contributed by atoms with Crippen LogP contribution in [0.1, 0.15) is 17.3 Å². The molecule has 0 fully saturated rings. The number of esters is 1. The van der Waals surface area contributed by atoms with E-state index < -0.39 is 25.5 Å². The number of nitrogens with two attached hydrogens (primary N) is 1. The van der Waals surface area contributed by atoms with E-state index in [1.807, 2.05) is 0 Å². The molecule has 5 nitrogen and oxygen atoms in total. The van der Waals surface area contributed by atoms with Crippen LogP contribution >= 0.6 is 0 Å². The third-order valence-corrected chi connectivity index (χ3v) is 2.14. The van der Waals surface area contributed by atoms with Crippen molar-refractivity contribution in [3.05, 3.63) is 23.8 Å². The van der Waals surface area contributed by atoms with E-state index in [0.29, 0.717) is 0 Å². The Morgan fingerprint density at radius 3 is 2.60 bits per heavy atom. The molecule has 0 aliphatic rings. The zero-order valence-corrected chi connectivity index (χ0v) is 10.7. The van der Waals surface area contributed by atoms with Crippen LogP contribution in [0.4, 0.5) is 18.9 Å². The zero-order chi connectivity index (χ0) is 15.2. The molecule has 0 saturated heterocycles. The summed E-state index contributed by atoms with van der Waals surface area (Å²) in [7, 11) is 0. The molecular formula is C12H14F3NO4. The Morgan fingerprint density at radius 2 is 2.00 bits per heavy atom. The Hall–Kier alpha value is -1.96. The standard InChI is InChI=1S/C12H14F3NO4/c1-2-18-10-8(4-3-5-9(10)16)11(17)19-6-7-20-12(13,14)15/h3-5H,2,6-7,16H2,1H3. The van der Waals surface area contributed by atoms with Crippen molar-refractivity contribution in [1.29, 1.82) is 0 Å². The molecule has 1 rings (SSSR count). The molecule has 0 aliphatic heterocycles. The summed E-state index contributed by atoms with van der Waals surface area (Å²) in [4.78, 5) is 11.7. The third kappa shape index (κ3) is 4.96. The molecule has 0 aliphatic carbocycles. The van der Waals surface area contributed by atoms with Gasteiger partial charge in [0.1, 0.15) is 12.2 Å². The van der Waals surface area contributed by atoms with Crippen LogP contribution in [-0.2, 0) is 9.47 Å². The fourth-order valence-corrected chi connectivity index (χ4v) is 1.39. The molecule has 2 N–H and O–H groups in total. The average molecular weight is 293 g/mol. The molecule has 0 aromatic heterocycles. The number of hydrogen-bond acceptors (Lipinski definition) is 5. The molecule has 0 radical (unpaired) electrons. The molecule has 1 aromatic carbocycles. The topological polar surface area (TPSA) is 70.8 Å². The van der Waals surface area contributed by atoms with Crippen molar-refractivity contribution in [3.63, 3.8) is 0 Å². The number of hydrogen-bond donors (Lipinski definition) is 1. The number of alkyl halides is 3. The second kappa shape index (κ2) is 6.99. The Bertz CT molecular complexity index is 463. The summed E-state index contributed by atoms with van der Waals surface area (Å²) >= 11 is 0. The lowest BCUT2D eigenvalue weighted by Crippen LogP contribution is -2.19. The number of ether oxygens (including phenoxy) is 3. The number of nitrogen functional groups attached to an aromatic ring is 1. The highest BCUT2D eigenvalue weighted by atomic mass is 19.4. The highest BCUT2D eigenvalue weighted by molar-refractivity contribution is 5.94. The quantitative estimate of drug-likeness (QED) is 0.495. The zero-order valence-electron chi connectivity index (χ0n) is 10.7. The summed E-state index contributed by atoms with van der Waals surface area (Å²) in [6.45, 7) is 0.685. The van der Waals surface area contributed by atoms with E-state index in [0.717, 1.165) is 0 Å². The first kappa shape index (κ1) is 16.1. The summed E-state index contributed by atoms with van der Waals surface area (Å²) < 4.78 is 48.5. The van der Waals surface area contributed by atoms with Crippen molar-refractivity contribution in [1.82, 2.24) is 0 Å². The summed E-state index contributed by atoms with van der Waals surface area (Å²) in [5, 5.41) is 0. The van der Waals surface area contributed by atoms with Gasteiger partial charge in [0.05, 0.1) is 18.9 Å². The highest BCUT2D eigenvalue weighted by Crippen LogP contribution is 2.27. The van der Waals surface area contributed by atoms with Gasteiger partial charge in [0, 0.05) is 0 Å². The monoisotopic (exact) mass is 293 g/mol. The van der Waals surface area contributed by atoms with Gasteiger partial charge in [-0.1, -0.05) is 6.07 Å². The maximum atomic E-state index is 11.7. The first-order valence-electron chi connectivity index (χ1n) is 5.74. The van der Waals surface area contributed by atoms with E-state index in [4.69, 9.17) is 10.5 Å². The van der Waals surface area contributed by atoms with Crippen molar-refractivity contribution >= 4 is 11.7 Å². The van der Waals surface area contributed by atoms with Crippen LogP contribution < -0.4 is 10.5 Å². The van der Waals surface area contributed by atoms with Gasteiger partial charge < -0.3 is 15.2 Å². The van der Waals surface area contributed by atoms with Gasteiger partial charge in [0.15, 0.2) is 5.75 Å². The Labute approximate surface area is 113 Å². The van der Waals surface area contributed by atoms with Gasteiger partial charge in [-0.3, -0.25) is 4.74 Å². The Morgan fingerprint density at radius 1 is 1.30 bits per heavy atom. The van der Waals surface area contributed by atoms with Gasteiger partial charge in [-0.2, -0.15) is 0 Å². The molecule has 112 valence electrons. The second-order valence-electron chi connectivity index (χ2n) is 3.59. The molecule has 0 saturated carbocycles. The number of rotatable bonds is 6. The van der Waals surface area contributed by atoms with Gasteiger partial charge in [-0.25, -0.2) is 4.79 Å². The number of para-hydroxylation sites is 1. The minimum absolute atomic E-state index is 0.0545. The highest BCUT2D eigenvalue weighted by Gasteiger charge is 2.29. The first-order chi connectivity index (χ1) is 9.35. The Balaban J connectivity index is 2.61. The minimum Gasteiger partial charge on any atom is -0.491 e. The SMILES string of the molecule is CCOc1c(N)cccc1C(=O)OCCOC(F)(F)F. The largest absolute Gasteiger partial charge is 0.522 e. The van der Waals surface area contributed by atoms with Crippen LogP contribution in [0.5, 0.6) is 5.75 Å². The van der Waals surface area contributed by atoms with Gasteiger partial charge in [-0.05, 0) is 19.1 Å². The lowest BCUT2D eigenvalue weighted by molar-refractivity contribution is -0.326. The van der Waals surface area contributed by atoms with Crippen molar-refractivity contribution in [3.8, 4) is 5.75 Å². The molecule has 0 unspecified atom stereocenters. The van der Waals surface area contributed by atoms with Crippen LogP contribution in [0.3, 0.4) is 0 Å². The summed E-state index contributed by atoms with van der Waals surface area (Å²) in [6.07, 6.45) is -4.75. The van der Waals surface area contributed by atoms with Crippen LogP contribution in [-0.4, -0.2) is 32.2 Å². The van der Waals surface area contributed by atoms with Crippen molar-refractivity contribution in [2.75, 3.05) is 25.6 Å². The van der Waals surface area contributed by atoms with E-state index in [1.54, 1.807) is 6.92 Å². The van der Waals surface area contributed by atoms with Crippen molar-refractivity contribution in [2.45, 2.75) is 13.3 Å². The number of halogens is 3. The molecule has 1 aromatic rings. The van der Waals surface area contributed by atoms with E-state index in [1.165, 1.54) is 18.2 Å². The van der Waals surface area contributed by atoms with Gasteiger partial charge in [0.25, 0.3) is 0 Å². The number of carbonyl (C=O) groups is 1.